The number of anilines is 1. The number of aryl methyl sites for hydroxylation is 1. The van der Waals surface area contributed by atoms with Gasteiger partial charge in [-0.05, 0) is 60.0 Å². The van der Waals surface area contributed by atoms with Crippen LogP contribution in [0.5, 0.6) is 0 Å². The zero-order chi connectivity index (χ0) is 28.3. The molecule has 0 atom stereocenters. The van der Waals surface area contributed by atoms with Gasteiger partial charge in [0.25, 0.3) is 0 Å². The highest BCUT2D eigenvalue weighted by Crippen LogP contribution is 2.33. The number of carboxylic acid groups (broad SMARTS) is 1. The smallest absolute Gasteiger partial charge is 0.335 e. The van der Waals surface area contributed by atoms with Crippen molar-refractivity contribution in [3.05, 3.63) is 120 Å². The standard InChI is InChI=1S/C33H27N5O3/c1-21-7-2-3-13-27(21)30-28-20-38(16-14-29(28)36-31(37-30)25-11-6-15-34-19-25)33(41)35-26-12-5-9-23(18-26)22-8-4-10-24(17-22)32(39)40/h2-13,15,17-19H,14,16,20H2,1H3,(H,35,41)(H,39,40). The number of amides is 2. The van der Waals surface area contributed by atoms with Crippen molar-refractivity contribution in [3.8, 4) is 33.8 Å². The molecule has 41 heavy (non-hydrogen) atoms. The van der Waals surface area contributed by atoms with Gasteiger partial charge < -0.3 is 15.3 Å². The van der Waals surface area contributed by atoms with Crippen molar-refractivity contribution in [1.29, 1.82) is 0 Å². The summed E-state index contributed by atoms with van der Waals surface area (Å²) in [5, 5.41) is 12.4. The van der Waals surface area contributed by atoms with Crippen molar-refractivity contribution >= 4 is 17.7 Å². The molecule has 3 heterocycles. The number of hydrogen-bond donors (Lipinski definition) is 2. The summed E-state index contributed by atoms with van der Waals surface area (Å²) >= 11 is 0. The fraction of sp³-hybridized carbons (Fsp3) is 0.121. The number of nitrogens with zero attached hydrogens (tertiary/aromatic N) is 4. The first-order chi connectivity index (χ1) is 20.0. The second-order valence-electron chi connectivity index (χ2n) is 9.95. The van der Waals surface area contributed by atoms with E-state index in [0.717, 1.165) is 44.8 Å². The predicted octanol–water partition coefficient (Wildman–Crippen LogP) is 6.47. The van der Waals surface area contributed by atoms with Crippen LogP contribution in [0.15, 0.2) is 97.3 Å². The highest BCUT2D eigenvalue weighted by molar-refractivity contribution is 5.92. The first-order valence-electron chi connectivity index (χ1n) is 13.3. The summed E-state index contributed by atoms with van der Waals surface area (Å²) in [5.74, 6) is -0.361. The molecular weight excluding hydrogens is 514 g/mol. The van der Waals surface area contributed by atoms with Gasteiger partial charge in [-0.1, -0.05) is 48.5 Å². The van der Waals surface area contributed by atoms with E-state index in [2.05, 4.69) is 29.4 Å². The third-order valence-electron chi connectivity index (χ3n) is 7.22. The molecule has 0 spiro atoms. The van der Waals surface area contributed by atoms with Crippen LogP contribution in [0.4, 0.5) is 10.5 Å². The minimum absolute atomic E-state index is 0.210. The Bertz CT molecular complexity index is 1770. The van der Waals surface area contributed by atoms with Gasteiger partial charge in [0.1, 0.15) is 0 Å². The fourth-order valence-electron chi connectivity index (χ4n) is 5.08. The number of rotatable bonds is 5. The van der Waals surface area contributed by atoms with Gasteiger partial charge in [0, 0.05) is 47.7 Å². The van der Waals surface area contributed by atoms with E-state index in [1.54, 1.807) is 35.5 Å². The number of carbonyl (C=O) groups excluding carboxylic acids is 1. The first-order valence-corrected chi connectivity index (χ1v) is 13.3. The lowest BCUT2D eigenvalue weighted by Gasteiger charge is -2.30. The van der Waals surface area contributed by atoms with Crippen LogP contribution in [0.3, 0.4) is 0 Å². The van der Waals surface area contributed by atoms with Crippen LogP contribution < -0.4 is 5.32 Å². The molecule has 0 fully saturated rings. The Morgan fingerprint density at radius 2 is 1.66 bits per heavy atom. The van der Waals surface area contributed by atoms with Gasteiger partial charge in [0.05, 0.1) is 23.5 Å². The number of hydrogen-bond acceptors (Lipinski definition) is 5. The molecule has 202 valence electrons. The van der Waals surface area contributed by atoms with E-state index >= 15 is 0 Å². The Labute approximate surface area is 237 Å². The SMILES string of the molecule is Cc1ccccc1-c1nc(-c2cccnc2)nc2c1CN(C(=O)Nc1cccc(-c3cccc(C(=O)O)c3)c1)CC2. The summed E-state index contributed by atoms with van der Waals surface area (Å²) in [6.07, 6.45) is 4.08. The van der Waals surface area contributed by atoms with Crippen molar-refractivity contribution < 1.29 is 14.7 Å². The predicted molar refractivity (Wildman–Crippen MR) is 157 cm³/mol. The highest BCUT2D eigenvalue weighted by atomic mass is 16.4. The Morgan fingerprint density at radius 3 is 2.44 bits per heavy atom. The molecule has 3 aromatic carbocycles. The van der Waals surface area contributed by atoms with Crippen LogP contribution in [-0.4, -0.2) is 43.5 Å². The Kier molecular flexibility index (Phi) is 6.95. The topological polar surface area (TPSA) is 108 Å². The quantitative estimate of drug-likeness (QED) is 0.264. The number of urea groups is 1. The van der Waals surface area contributed by atoms with E-state index in [4.69, 9.17) is 9.97 Å². The number of carboxylic acids is 1. The Hall–Kier alpha value is -5.37. The molecule has 2 amide bonds. The third-order valence-corrected chi connectivity index (χ3v) is 7.22. The molecule has 0 aliphatic carbocycles. The van der Waals surface area contributed by atoms with Crippen molar-refractivity contribution in [2.75, 3.05) is 11.9 Å². The number of nitrogens with one attached hydrogen (secondary N) is 1. The van der Waals surface area contributed by atoms with Gasteiger partial charge in [0.2, 0.25) is 0 Å². The summed E-state index contributed by atoms with van der Waals surface area (Å²) < 4.78 is 0. The molecule has 0 radical (unpaired) electrons. The number of fused-ring (bicyclic) bond motifs is 1. The maximum Gasteiger partial charge on any atom is 0.335 e. The molecular formula is C33H27N5O3. The summed E-state index contributed by atoms with van der Waals surface area (Å²) in [5.41, 5.74) is 8.05. The summed E-state index contributed by atoms with van der Waals surface area (Å²) in [6, 6.07) is 25.8. The average Bonchev–Trinajstić information content (AvgIpc) is 3.01. The normalized spacial score (nSPS) is 12.5. The zero-order valence-corrected chi connectivity index (χ0v) is 22.4. The van der Waals surface area contributed by atoms with Crippen LogP contribution in [0.2, 0.25) is 0 Å². The number of aromatic carboxylic acids is 1. The van der Waals surface area contributed by atoms with Crippen LogP contribution in [0.1, 0.15) is 27.2 Å². The van der Waals surface area contributed by atoms with Gasteiger partial charge >= 0.3 is 12.0 Å². The minimum atomic E-state index is -0.983. The zero-order valence-electron chi connectivity index (χ0n) is 22.4. The van der Waals surface area contributed by atoms with Crippen molar-refractivity contribution in [2.45, 2.75) is 19.9 Å². The van der Waals surface area contributed by atoms with Crippen LogP contribution in [-0.2, 0) is 13.0 Å². The lowest BCUT2D eigenvalue weighted by molar-refractivity contribution is 0.0697. The average molecular weight is 542 g/mol. The van der Waals surface area contributed by atoms with Crippen molar-refractivity contribution in [1.82, 2.24) is 19.9 Å². The maximum absolute atomic E-state index is 13.5. The summed E-state index contributed by atoms with van der Waals surface area (Å²) in [4.78, 5) is 40.7. The Balaban J connectivity index is 1.29. The van der Waals surface area contributed by atoms with Crippen molar-refractivity contribution in [2.24, 2.45) is 0 Å². The van der Waals surface area contributed by atoms with E-state index in [-0.39, 0.29) is 11.6 Å². The van der Waals surface area contributed by atoms with E-state index in [1.165, 1.54) is 0 Å². The van der Waals surface area contributed by atoms with E-state index in [1.807, 2.05) is 54.6 Å². The fourth-order valence-corrected chi connectivity index (χ4v) is 5.08. The lowest BCUT2D eigenvalue weighted by atomic mass is 9.96. The molecule has 6 rings (SSSR count). The van der Waals surface area contributed by atoms with Gasteiger partial charge in [-0.25, -0.2) is 19.6 Å². The molecule has 0 unspecified atom stereocenters. The van der Waals surface area contributed by atoms with E-state index in [9.17, 15) is 14.7 Å². The monoisotopic (exact) mass is 541 g/mol. The van der Waals surface area contributed by atoms with Gasteiger partial charge in [-0.15, -0.1) is 0 Å². The van der Waals surface area contributed by atoms with Crippen LogP contribution in [0, 0.1) is 6.92 Å². The molecule has 2 N–H and O–H groups in total. The highest BCUT2D eigenvalue weighted by Gasteiger charge is 2.27. The maximum atomic E-state index is 13.5. The number of carbonyl (C=O) groups is 2. The van der Waals surface area contributed by atoms with E-state index < -0.39 is 5.97 Å². The van der Waals surface area contributed by atoms with Gasteiger partial charge in [-0.2, -0.15) is 0 Å². The molecule has 5 aromatic rings. The number of pyridine rings is 1. The van der Waals surface area contributed by atoms with Crippen molar-refractivity contribution in [3.63, 3.8) is 0 Å². The molecule has 8 nitrogen and oxygen atoms in total. The molecule has 0 saturated heterocycles. The van der Waals surface area contributed by atoms with Crippen LogP contribution in [0.25, 0.3) is 33.8 Å². The summed E-state index contributed by atoms with van der Waals surface area (Å²) in [7, 11) is 0. The largest absolute Gasteiger partial charge is 0.478 e. The molecule has 2 aromatic heterocycles. The van der Waals surface area contributed by atoms with Crippen LogP contribution >= 0.6 is 0 Å². The molecule has 0 saturated carbocycles. The molecule has 8 heteroatoms. The molecule has 1 aliphatic rings. The Morgan fingerprint density at radius 1 is 0.878 bits per heavy atom. The minimum Gasteiger partial charge on any atom is -0.478 e. The first kappa shape index (κ1) is 25.9. The van der Waals surface area contributed by atoms with E-state index in [0.29, 0.717) is 31.0 Å². The third kappa shape index (κ3) is 5.40. The number of benzene rings is 3. The number of aromatic nitrogens is 3. The molecule has 0 bridgehead atoms. The van der Waals surface area contributed by atoms with Gasteiger partial charge in [-0.3, -0.25) is 4.98 Å². The summed E-state index contributed by atoms with van der Waals surface area (Å²) in [6.45, 7) is 2.94. The lowest BCUT2D eigenvalue weighted by Crippen LogP contribution is -2.39. The molecule has 1 aliphatic heterocycles. The van der Waals surface area contributed by atoms with Gasteiger partial charge in [0.15, 0.2) is 5.82 Å². The second kappa shape index (κ2) is 11.0. The second-order valence-corrected chi connectivity index (χ2v) is 9.95.